The fourth-order valence-electron chi connectivity index (χ4n) is 1.54. The van der Waals surface area contributed by atoms with Crippen LogP contribution in [0.15, 0.2) is 6.20 Å². The lowest BCUT2D eigenvalue weighted by Crippen LogP contribution is -2.10. The number of rotatable bonds is 6. The van der Waals surface area contributed by atoms with Gasteiger partial charge in [-0.2, -0.15) is 0 Å². The van der Waals surface area contributed by atoms with Crippen LogP contribution in [0.4, 0.5) is 0 Å². The minimum Gasteiger partial charge on any atom is -0.244 e. The molecular weight excluding hydrogens is 254 g/mol. The lowest BCUT2D eigenvalue weighted by Gasteiger charge is -2.02. The highest BCUT2D eigenvalue weighted by molar-refractivity contribution is 6.20. The molecule has 2 heterocycles. The molecule has 98 valence electrons. The maximum Gasteiger partial charge on any atom is 0.172 e. The predicted molar refractivity (Wildman–Crippen MR) is 66.1 cm³/mol. The molecule has 0 saturated carbocycles. The molecule has 0 saturated heterocycles. The maximum atomic E-state index is 5.94. The molecule has 7 nitrogen and oxygen atoms in total. The summed E-state index contributed by atoms with van der Waals surface area (Å²) in [5.74, 6) is 0.780. The molecule has 2 aromatic heterocycles. The lowest BCUT2D eigenvalue weighted by molar-refractivity contribution is 0.511. The van der Waals surface area contributed by atoms with Gasteiger partial charge in [-0.25, -0.2) is 9.36 Å². The summed E-state index contributed by atoms with van der Waals surface area (Å²) in [4.78, 5) is 0. The van der Waals surface area contributed by atoms with E-state index >= 15 is 0 Å². The van der Waals surface area contributed by atoms with Crippen molar-refractivity contribution < 1.29 is 0 Å². The van der Waals surface area contributed by atoms with Crippen molar-refractivity contribution in [2.24, 2.45) is 0 Å². The number of halogens is 1. The van der Waals surface area contributed by atoms with Crippen molar-refractivity contribution >= 4 is 11.6 Å². The van der Waals surface area contributed by atoms with Gasteiger partial charge in [0.25, 0.3) is 0 Å². The minimum atomic E-state index is -0.144. The number of tetrazole rings is 1. The Balaban J connectivity index is 2.06. The predicted octanol–water partition coefficient (Wildman–Crippen LogP) is 1.41. The lowest BCUT2D eigenvalue weighted by atomic mass is 10.3. The van der Waals surface area contributed by atoms with Crippen LogP contribution in [0.3, 0.4) is 0 Å². The molecule has 2 aromatic rings. The normalized spacial score (nSPS) is 12.8. The van der Waals surface area contributed by atoms with Crippen LogP contribution in [0.1, 0.15) is 43.6 Å². The highest BCUT2D eigenvalue weighted by atomic mass is 35.5. The number of alkyl halides is 1. The summed E-state index contributed by atoms with van der Waals surface area (Å²) in [6, 6.07) is 0. The second kappa shape index (κ2) is 5.90. The van der Waals surface area contributed by atoms with Crippen molar-refractivity contribution in [3.63, 3.8) is 0 Å². The molecule has 1 atom stereocenters. The Labute approximate surface area is 110 Å². The quantitative estimate of drug-likeness (QED) is 0.742. The van der Waals surface area contributed by atoms with Gasteiger partial charge in [-0.1, -0.05) is 18.6 Å². The van der Waals surface area contributed by atoms with Gasteiger partial charge >= 0.3 is 0 Å². The first-order valence-electron chi connectivity index (χ1n) is 6.00. The van der Waals surface area contributed by atoms with E-state index < -0.39 is 0 Å². The zero-order chi connectivity index (χ0) is 13.0. The summed E-state index contributed by atoms with van der Waals surface area (Å²) < 4.78 is 3.50. The molecule has 0 spiro atoms. The van der Waals surface area contributed by atoms with Crippen LogP contribution in [0.2, 0.25) is 0 Å². The van der Waals surface area contributed by atoms with Crippen molar-refractivity contribution in [1.82, 2.24) is 35.2 Å². The van der Waals surface area contributed by atoms with Gasteiger partial charge in [0.05, 0.1) is 11.6 Å². The molecule has 8 heteroatoms. The fraction of sp³-hybridized carbons (Fsp3) is 0.700. The molecule has 1 unspecified atom stereocenters. The first-order chi connectivity index (χ1) is 8.70. The summed E-state index contributed by atoms with van der Waals surface area (Å²) >= 11 is 5.94. The van der Waals surface area contributed by atoms with E-state index in [1.54, 1.807) is 9.36 Å². The highest BCUT2D eigenvalue weighted by Gasteiger charge is 2.10. The molecule has 0 aromatic carbocycles. The van der Waals surface area contributed by atoms with E-state index in [4.69, 9.17) is 11.6 Å². The first-order valence-corrected chi connectivity index (χ1v) is 6.43. The number of aromatic nitrogens is 7. The van der Waals surface area contributed by atoms with Gasteiger partial charge in [-0.3, -0.25) is 0 Å². The van der Waals surface area contributed by atoms with Crippen molar-refractivity contribution in [2.75, 3.05) is 0 Å². The Bertz CT molecular complexity index is 490. The number of hydrogen-bond donors (Lipinski definition) is 0. The van der Waals surface area contributed by atoms with Gasteiger partial charge < -0.3 is 0 Å². The zero-order valence-corrected chi connectivity index (χ0v) is 11.2. The van der Waals surface area contributed by atoms with Gasteiger partial charge in [0.1, 0.15) is 12.2 Å². The molecule has 0 aliphatic rings. The van der Waals surface area contributed by atoms with E-state index in [0.717, 1.165) is 30.9 Å². The Hall–Kier alpha value is -1.50. The van der Waals surface area contributed by atoms with E-state index in [9.17, 15) is 0 Å². The third kappa shape index (κ3) is 3.04. The zero-order valence-electron chi connectivity index (χ0n) is 10.5. The largest absolute Gasteiger partial charge is 0.244 e. The second-order valence-electron chi connectivity index (χ2n) is 4.13. The van der Waals surface area contributed by atoms with Gasteiger partial charge in [-0.15, -0.1) is 21.8 Å². The van der Waals surface area contributed by atoms with Gasteiger partial charge in [0, 0.05) is 6.54 Å². The molecule has 0 aliphatic heterocycles. The number of nitrogens with zero attached hydrogens (tertiary/aromatic N) is 7. The van der Waals surface area contributed by atoms with Crippen LogP contribution in [0.25, 0.3) is 0 Å². The van der Waals surface area contributed by atoms with Crippen LogP contribution >= 0.6 is 11.6 Å². The topological polar surface area (TPSA) is 74.3 Å². The molecule has 0 radical (unpaired) electrons. The molecule has 0 N–H and O–H groups in total. The standard InChI is InChI=1S/C10H16ClN7/c1-3-4-5-18-10(13-14-16-18)7-17-6-9(8(2)11)12-15-17/h6,8H,3-5,7H2,1-2H3. The Morgan fingerprint density at radius 2 is 2.17 bits per heavy atom. The minimum absolute atomic E-state index is 0.144. The van der Waals surface area contributed by atoms with Crippen molar-refractivity contribution in [3.8, 4) is 0 Å². The maximum absolute atomic E-state index is 5.94. The van der Waals surface area contributed by atoms with Crippen LogP contribution in [-0.4, -0.2) is 35.2 Å². The first kappa shape index (κ1) is 12.9. The molecule has 0 fully saturated rings. The smallest absolute Gasteiger partial charge is 0.172 e. The van der Waals surface area contributed by atoms with E-state index in [2.05, 4.69) is 32.8 Å². The SMILES string of the molecule is CCCCn1nnnc1Cn1cc(C(C)Cl)nn1. The van der Waals surface area contributed by atoms with Crippen molar-refractivity contribution in [3.05, 3.63) is 17.7 Å². The van der Waals surface area contributed by atoms with E-state index in [0.29, 0.717) is 6.54 Å². The number of unbranched alkanes of at least 4 members (excludes halogenated alkanes) is 1. The molecular formula is C10H16ClN7. The average Bonchev–Trinajstić information content (AvgIpc) is 2.96. The van der Waals surface area contributed by atoms with Crippen LogP contribution < -0.4 is 0 Å². The highest BCUT2D eigenvalue weighted by Crippen LogP contribution is 2.15. The summed E-state index contributed by atoms with van der Waals surface area (Å²) in [6.07, 6.45) is 3.98. The van der Waals surface area contributed by atoms with E-state index in [1.807, 2.05) is 13.1 Å². The van der Waals surface area contributed by atoms with Crippen LogP contribution in [-0.2, 0) is 13.1 Å². The molecule has 0 aliphatic carbocycles. The second-order valence-corrected chi connectivity index (χ2v) is 4.78. The third-order valence-corrected chi connectivity index (χ3v) is 2.82. The summed E-state index contributed by atoms with van der Waals surface area (Å²) in [5, 5.41) is 19.5. The monoisotopic (exact) mass is 269 g/mol. The molecule has 0 bridgehead atoms. The summed E-state index contributed by atoms with van der Waals surface area (Å²) in [6.45, 7) is 5.33. The van der Waals surface area contributed by atoms with Crippen molar-refractivity contribution in [2.45, 2.75) is 45.2 Å². The number of hydrogen-bond acceptors (Lipinski definition) is 5. The van der Waals surface area contributed by atoms with Crippen LogP contribution in [0.5, 0.6) is 0 Å². The molecule has 2 rings (SSSR count). The van der Waals surface area contributed by atoms with Crippen molar-refractivity contribution in [1.29, 1.82) is 0 Å². The molecule has 0 amide bonds. The Morgan fingerprint density at radius 3 is 2.83 bits per heavy atom. The summed E-state index contributed by atoms with van der Waals surface area (Å²) in [5.41, 5.74) is 0.754. The van der Waals surface area contributed by atoms with Gasteiger partial charge in [-0.05, 0) is 23.8 Å². The van der Waals surface area contributed by atoms with E-state index in [-0.39, 0.29) is 5.38 Å². The van der Waals surface area contributed by atoms with Gasteiger partial charge in [0.2, 0.25) is 0 Å². The van der Waals surface area contributed by atoms with Crippen LogP contribution in [0, 0.1) is 0 Å². The third-order valence-electron chi connectivity index (χ3n) is 2.60. The number of aryl methyl sites for hydroxylation is 1. The summed E-state index contributed by atoms with van der Waals surface area (Å²) in [7, 11) is 0. The Kier molecular flexibility index (Phi) is 4.24. The van der Waals surface area contributed by atoms with E-state index in [1.165, 1.54) is 0 Å². The Morgan fingerprint density at radius 1 is 1.33 bits per heavy atom. The molecule has 18 heavy (non-hydrogen) atoms. The van der Waals surface area contributed by atoms with Gasteiger partial charge in [0.15, 0.2) is 5.82 Å². The average molecular weight is 270 g/mol. The fourth-order valence-corrected chi connectivity index (χ4v) is 1.64.